The molecule has 0 spiro atoms. The van der Waals surface area contributed by atoms with E-state index in [-0.39, 0.29) is 28.7 Å². The minimum absolute atomic E-state index is 0.0600. The predicted molar refractivity (Wildman–Crippen MR) is 121 cm³/mol. The molecule has 0 bridgehead atoms. The fourth-order valence-electron chi connectivity index (χ4n) is 3.32. The van der Waals surface area contributed by atoms with E-state index < -0.39 is 23.3 Å². The van der Waals surface area contributed by atoms with Crippen molar-refractivity contribution in [2.75, 3.05) is 11.9 Å². The van der Waals surface area contributed by atoms with Gasteiger partial charge in [-0.15, -0.1) is 0 Å². The number of benzene rings is 2. The van der Waals surface area contributed by atoms with Crippen LogP contribution in [0, 0.1) is 0 Å². The lowest BCUT2D eigenvalue weighted by Gasteiger charge is -2.24. The van der Waals surface area contributed by atoms with Gasteiger partial charge in [0.25, 0.3) is 5.56 Å². The van der Waals surface area contributed by atoms with E-state index in [1.165, 1.54) is 34.9 Å². The zero-order valence-corrected chi connectivity index (χ0v) is 18.9. The first-order valence-corrected chi connectivity index (χ1v) is 10.5. The highest BCUT2D eigenvalue weighted by Gasteiger charge is 2.30. The molecule has 3 rings (SSSR count). The monoisotopic (exact) mass is 498 g/mol. The van der Waals surface area contributed by atoms with E-state index in [1.807, 2.05) is 0 Å². The minimum Gasteiger partial charge on any atom is -0.478 e. The van der Waals surface area contributed by atoms with Crippen molar-refractivity contribution in [3.8, 4) is 0 Å². The van der Waals surface area contributed by atoms with Crippen LogP contribution in [-0.2, 0) is 25.7 Å². The highest BCUT2D eigenvalue weighted by Crippen LogP contribution is 2.32. The number of carbonyl (C=O) groups is 1. The molecule has 0 aliphatic heterocycles. The number of halogens is 5. The fraction of sp³-hybridized carbons (Fsp3) is 0.217. The Morgan fingerprint density at radius 3 is 2.33 bits per heavy atom. The second-order valence-corrected chi connectivity index (χ2v) is 8.21. The van der Waals surface area contributed by atoms with E-state index in [2.05, 4.69) is 0 Å². The molecule has 1 heterocycles. The van der Waals surface area contributed by atoms with Crippen LogP contribution in [-0.4, -0.2) is 22.7 Å². The van der Waals surface area contributed by atoms with Crippen LogP contribution in [0.2, 0.25) is 10.0 Å². The first-order chi connectivity index (χ1) is 15.5. The van der Waals surface area contributed by atoms with Gasteiger partial charge in [-0.3, -0.25) is 4.79 Å². The summed E-state index contributed by atoms with van der Waals surface area (Å²) < 4.78 is 40.6. The Hall–Kier alpha value is -2.97. The van der Waals surface area contributed by atoms with E-state index in [0.29, 0.717) is 17.8 Å². The van der Waals surface area contributed by atoms with Gasteiger partial charge in [0.1, 0.15) is 5.02 Å². The number of nitrogens with zero attached hydrogens (tertiary/aromatic N) is 2. The Morgan fingerprint density at radius 2 is 1.73 bits per heavy atom. The number of aromatic carboxylic acids is 1. The van der Waals surface area contributed by atoms with Gasteiger partial charge in [0.2, 0.25) is 0 Å². The van der Waals surface area contributed by atoms with Crippen molar-refractivity contribution in [1.82, 2.24) is 4.57 Å². The van der Waals surface area contributed by atoms with E-state index in [1.54, 1.807) is 24.1 Å². The summed E-state index contributed by atoms with van der Waals surface area (Å²) in [5, 5.41) is 9.15. The van der Waals surface area contributed by atoms with E-state index in [0.717, 1.165) is 17.7 Å². The highest BCUT2D eigenvalue weighted by molar-refractivity contribution is 6.34. The summed E-state index contributed by atoms with van der Waals surface area (Å²) in [7, 11) is 1.60. The van der Waals surface area contributed by atoms with Crippen LogP contribution < -0.4 is 10.5 Å². The van der Waals surface area contributed by atoms with Crippen LogP contribution in [0.3, 0.4) is 0 Å². The molecule has 2 aromatic carbocycles. The van der Waals surface area contributed by atoms with Crippen molar-refractivity contribution < 1.29 is 23.1 Å². The molecule has 174 valence electrons. The van der Waals surface area contributed by atoms with Gasteiger partial charge in [0, 0.05) is 19.3 Å². The van der Waals surface area contributed by atoms with E-state index >= 15 is 0 Å². The number of aromatic nitrogens is 1. The lowest BCUT2D eigenvalue weighted by Crippen LogP contribution is -2.29. The van der Waals surface area contributed by atoms with Gasteiger partial charge in [-0.2, -0.15) is 13.2 Å². The van der Waals surface area contributed by atoms with E-state index in [4.69, 9.17) is 28.3 Å². The molecular formula is C23H19Cl2F3N2O3. The SMILES string of the molecule is CN(Cc1c(Cl)cc(Cl)c(=O)n1CCc1ccc(C(=O)O)cc1)c1cccc(C(F)(F)F)c1. The molecule has 33 heavy (non-hydrogen) atoms. The van der Waals surface area contributed by atoms with Gasteiger partial charge in [-0.05, 0) is 48.4 Å². The maximum Gasteiger partial charge on any atom is 0.416 e. The van der Waals surface area contributed by atoms with Crippen LogP contribution in [0.25, 0.3) is 0 Å². The molecule has 0 fully saturated rings. The maximum atomic E-state index is 13.1. The number of hydrogen-bond donors (Lipinski definition) is 1. The zero-order chi connectivity index (χ0) is 24.3. The molecule has 3 aromatic rings. The smallest absolute Gasteiger partial charge is 0.416 e. The first kappa shape index (κ1) is 24.7. The standard InChI is InChI=1S/C23H19Cl2F3N2O3/c1-29(17-4-2-3-16(11-17)23(26,27)28)13-20-18(24)12-19(25)21(31)30(20)10-9-14-5-7-15(8-6-14)22(32)33/h2-8,11-12H,9-10,13H2,1H3,(H,32,33). The molecule has 1 aromatic heterocycles. The number of carboxylic acid groups (broad SMARTS) is 1. The summed E-state index contributed by atoms with van der Waals surface area (Å²) in [4.78, 5) is 25.3. The highest BCUT2D eigenvalue weighted by atomic mass is 35.5. The van der Waals surface area contributed by atoms with Crippen LogP contribution in [0.1, 0.15) is 27.2 Å². The molecule has 1 N–H and O–H groups in total. The van der Waals surface area contributed by atoms with Gasteiger partial charge in [0.05, 0.1) is 28.4 Å². The fourth-order valence-corrected chi connectivity index (χ4v) is 3.86. The summed E-state index contributed by atoms with van der Waals surface area (Å²) in [6.45, 7) is 0.252. The summed E-state index contributed by atoms with van der Waals surface area (Å²) in [6, 6.07) is 12.4. The second-order valence-electron chi connectivity index (χ2n) is 7.40. The molecule has 0 amide bonds. The van der Waals surface area contributed by atoms with Crippen LogP contribution in [0.15, 0.2) is 59.4 Å². The molecule has 0 radical (unpaired) electrons. The van der Waals surface area contributed by atoms with Gasteiger partial charge < -0.3 is 14.6 Å². The predicted octanol–water partition coefficient (Wildman–Crippen LogP) is 5.75. The number of carboxylic acids is 1. The van der Waals surface area contributed by atoms with Gasteiger partial charge >= 0.3 is 12.1 Å². The number of alkyl halides is 3. The largest absolute Gasteiger partial charge is 0.478 e. The summed E-state index contributed by atoms with van der Waals surface area (Å²) in [6.07, 6.45) is -4.09. The van der Waals surface area contributed by atoms with Crippen molar-refractivity contribution in [2.24, 2.45) is 0 Å². The molecule has 5 nitrogen and oxygen atoms in total. The molecule has 0 saturated heterocycles. The molecule has 0 unspecified atom stereocenters. The quantitative estimate of drug-likeness (QED) is 0.450. The topological polar surface area (TPSA) is 62.5 Å². The number of anilines is 1. The third-order valence-electron chi connectivity index (χ3n) is 5.13. The average molecular weight is 499 g/mol. The molecule has 0 atom stereocenters. The molecule has 0 saturated carbocycles. The van der Waals surface area contributed by atoms with Crippen molar-refractivity contribution >= 4 is 34.9 Å². The Bertz CT molecular complexity index is 1230. The molecule has 0 aliphatic carbocycles. The molecule has 0 aliphatic rings. The number of aryl methyl sites for hydroxylation is 1. The van der Waals surface area contributed by atoms with Crippen molar-refractivity contribution in [3.05, 3.63) is 97.4 Å². The molecule has 10 heteroatoms. The Labute approximate surface area is 197 Å². The average Bonchev–Trinajstić information content (AvgIpc) is 2.76. The third kappa shape index (κ3) is 5.89. The summed E-state index contributed by atoms with van der Waals surface area (Å²) in [5.41, 5.74) is 0.379. The lowest BCUT2D eigenvalue weighted by atomic mass is 10.1. The number of pyridine rings is 1. The normalized spacial score (nSPS) is 11.5. The Balaban J connectivity index is 1.89. The van der Waals surface area contributed by atoms with Crippen molar-refractivity contribution in [3.63, 3.8) is 0 Å². The Morgan fingerprint density at radius 1 is 1.06 bits per heavy atom. The van der Waals surface area contributed by atoms with Gasteiger partial charge in [-0.25, -0.2) is 4.79 Å². The first-order valence-electron chi connectivity index (χ1n) is 9.75. The summed E-state index contributed by atoms with van der Waals surface area (Å²) >= 11 is 12.4. The Kier molecular flexibility index (Phi) is 7.39. The molecular weight excluding hydrogens is 480 g/mol. The van der Waals surface area contributed by atoms with Crippen molar-refractivity contribution in [2.45, 2.75) is 25.7 Å². The van der Waals surface area contributed by atoms with Crippen molar-refractivity contribution in [1.29, 1.82) is 0 Å². The van der Waals surface area contributed by atoms with Gasteiger partial charge in [-0.1, -0.05) is 41.4 Å². The van der Waals surface area contributed by atoms with Crippen LogP contribution in [0.5, 0.6) is 0 Å². The van der Waals surface area contributed by atoms with Crippen LogP contribution in [0.4, 0.5) is 18.9 Å². The van der Waals surface area contributed by atoms with Gasteiger partial charge in [0.15, 0.2) is 0 Å². The maximum absolute atomic E-state index is 13.1. The van der Waals surface area contributed by atoms with Crippen LogP contribution >= 0.6 is 23.2 Å². The second kappa shape index (κ2) is 9.89. The minimum atomic E-state index is -4.48. The summed E-state index contributed by atoms with van der Waals surface area (Å²) in [5.74, 6) is -1.04. The number of rotatable bonds is 7. The third-order valence-corrected chi connectivity index (χ3v) is 5.73. The van der Waals surface area contributed by atoms with E-state index in [9.17, 15) is 22.8 Å². The number of hydrogen-bond acceptors (Lipinski definition) is 3. The zero-order valence-electron chi connectivity index (χ0n) is 17.4. The lowest BCUT2D eigenvalue weighted by molar-refractivity contribution is -0.137.